The molecular formula is C26H38N4O2. The molecule has 174 valence electrons. The van der Waals surface area contributed by atoms with Crippen LogP contribution in [0.25, 0.3) is 0 Å². The molecule has 0 aromatic carbocycles. The Hall–Kier alpha value is -1.69. The lowest BCUT2D eigenvalue weighted by atomic mass is 9.92. The monoisotopic (exact) mass is 438 g/mol. The number of fused-ring (bicyclic) bond motifs is 2. The summed E-state index contributed by atoms with van der Waals surface area (Å²) in [5.41, 5.74) is 1.88. The van der Waals surface area contributed by atoms with E-state index in [0.29, 0.717) is 23.8 Å². The number of aromatic amines is 1. The molecule has 3 atom stereocenters. The Morgan fingerprint density at radius 2 is 1.59 bits per heavy atom. The standard InChI is InChI=1S/C26H38N4O2/c31-25-20-13-15-29(17-8-2-1-3-9-17)16-21(20)27-24(28-25)22-12-6-7-14-30(22)26(32)23-18-10-4-5-11-19(18)23/h17-19,22-23H,1-16H2,(H,27,28,31). The first-order chi connectivity index (χ1) is 15.7. The van der Waals surface area contributed by atoms with Crippen LogP contribution in [0.2, 0.25) is 0 Å². The van der Waals surface area contributed by atoms with Crippen LogP contribution in [0.1, 0.15) is 100 Å². The number of nitrogens with one attached hydrogen (secondary N) is 1. The molecule has 3 heterocycles. The molecule has 3 saturated carbocycles. The van der Waals surface area contributed by atoms with Crippen molar-refractivity contribution in [3.8, 4) is 0 Å². The highest BCUT2D eigenvalue weighted by molar-refractivity contribution is 5.83. The zero-order valence-corrected chi connectivity index (χ0v) is 19.4. The number of aromatic nitrogens is 2. The number of hydrogen-bond donors (Lipinski definition) is 1. The number of piperidine rings is 1. The van der Waals surface area contributed by atoms with Crippen molar-refractivity contribution in [2.24, 2.45) is 17.8 Å². The fourth-order valence-corrected chi connectivity index (χ4v) is 7.42. The highest BCUT2D eigenvalue weighted by Crippen LogP contribution is 2.56. The molecule has 6 nitrogen and oxygen atoms in total. The number of H-pyrrole nitrogens is 1. The summed E-state index contributed by atoms with van der Waals surface area (Å²) in [6.07, 6.45) is 15.5. The van der Waals surface area contributed by atoms with E-state index >= 15 is 0 Å². The average Bonchev–Trinajstić information content (AvgIpc) is 3.58. The normalized spacial score (nSPS) is 33.4. The Morgan fingerprint density at radius 1 is 0.875 bits per heavy atom. The van der Waals surface area contributed by atoms with Gasteiger partial charge in [-0.1, -0.05) is 32.1 Å². The van der Waals surface area contributed by atoms with Crippen molar-refractivity contribution >= 4 is 5.91 Å². The fraction of sp³-hybridized carbons (Fsp3) is 0.808. The van der Waals surface area contributed by atoms with Gasteiger partial charge in [0.1, 0.15) is 5.82 Å². The molecule has 3 unspecified atom stereocenters. The second kappa shape index (κ2) is 8.58. The number of nitrogens with zero attached hydrogens (tertiary/aromatic N) is 3. The molecule has 5 aliphatic rings. The quantitative estimate of drug-likeness (QED) is 0.776. The van der Waals surface area contributed by atoms with Gasteiger partial charge in [-0.05, 0) is 63.2 Å². The zero-order chi connectivity index (χ0) is 21.7. The van der Waals surface area contributed by atoms with Gasteiger partial charge in [-0.3, -0.25) is 14.5 Å². The molecule has 3 aliphatic carbocycles. The van der Waals surface area contributed by atoms with Gasteiger partial charge in [-0.25, -0.2) is 4.98 Å². The van der Waals surface area contributed by atoms with E-state index in [0.717, 1.165) is 62.4 Å². The van der Waals surface area contributed by atoms with Gasteiger partial charge in [0.2, 0.25) is 5.91 Å². The minimum atomic E-state index is -0.0537. The SMILES string of the molecule is O=C(C1C2CCCCC21)N1CCCCC1c1nc2c(c(=O)[nH]1)CCN(C1CCCCC1)C2. The van der Waals surface area contributed by atoms with E-state index in [1.807, 2.05) is 0 Å². The Bertz CT molecular complexity index is 909. The number of rotatable bonds is 3. The Balaban J connectivity index is 1.24. The third-order valence-corrected chi connectivity index (χ3v) is 9.26. The minimum absolute atomic E-state index is 0.0337. The smallest absolute Gasteiger partial charge is 0.254 e. The van der Waals surface area contributed by atoms with E-state index in [1.165, 1.54) is 57.8 Å². The van der Waals surface area contributed by atoms with Crippen LogP contribution in [-0.2, 0) is 17.8 Å². The first-order valence-corrected chi connectivity index (χ1v) is 13.4. The molecule has 1 aromatic heterocycles. The van der Waals surface area contributed by atoms with Gasteiger partial charge < -0.3 is 9.88 Å². The van der Waals surface area contributed by atoms with E-state index in [9.17, 15) is 9.59 Å². The predicted molar refractivity (Wildman–Crippen MR) is 123 cm³/mol. The first kappa shape index (κ1) is 20.9. The van der Waals surface area contributed by atoms with Gasteiger partial charge in [-0.15, -0.1) is 0 Å². The summed E-state index contributed by atoms with van der Waals surface area (Å²) < 4.78 is 0. The van der Waals surface area contributed by atoms with Crippen LogP contribution in [0, 0.1) is 17.8 Å². The number of hydrogen-bond acceptors (Lipinski definition) is 4. The molecule has 2 aliphatic heterocycles. The molecular weight excluding hydrogens is 400 g/mol. The first-order valence-electron chi connectivity index (χ1n) is 13.4. The molecule has 4 fully saturated rings. The van der Waals surface area contributed by atoms with Crippen LogP contribution in [0.5, 0.6) is 0 Å². The van der Waals surface area contributed by atoms with E-state index < -0.39 is 0 Å². The summed E-state index contributed by atoms with van der Waals surface area (Å²) in [5.74, 6) is 2.58. The van der Waals surface area contributed by atoms with Gasteiger partial charge in [0.05, 0.1) is 11.7 Å². The number of carbonyl (C=O) groups is 1. The molecule has 6 rings (SSSR count). The van der Waals surface area contributed by atoms with E-state index in [1.54, 1.807) is 0 Å². The van der Waals surface area contributed by atoms with E-state index in [2.05, 4.69) is 14.8 Å². The number of likely N-dealkylation sites (tertiary alicyclic amines) is 1. The van der Waals surface area contributed by atoms with Gasteiger partial charge in [0, 0.05) is 37.2 Å². The minimum Gasteiger partial charge on any atom is -0.332 e. The summed E-state index contributed by atoms with van der Waals surface area (Å²) in [6, 6.07) is 0.592. The van der Waals surface area contributed by atoms with Crippen LogP contribution in [0.15, 0.2) is 4.79 Å². The molecule has 1 N–H and O–H groups in total. The van der Waals surface area contributed by atoms with Crippen molar-refractivity contribution in [3.05, 3.63) is 27.4 Å². The van der Waals surface area contributed by atoms with Crippen molar-refractivity contribution in [2.75, 3.05) is 13.1 Å². The van der Waals surface area contributed by atoms with Crippen molar-refractivity contribution in [1.29, 1.82) is 0 Å². The van der Waals surface area contributed by atoms with Crippen molar-refractivity contribution in [2.45, 2.75) is 102 Å². The number of carbonyl (C=O) groups excluding carboxylic acids is 1. The van der Waals surface area contributed by atoms with Gasteiger partial charge in [0.15, 0.2) is 0 Å². The Labute approximate surface area is 191 Å². The summed E-state index contributed by atoms with van der Waals surface area (Å²) in [6.45, 7) is 2.58. The molecule has 6 heteroatoms. The van der Waals surface area contributed by atoms with Gasteiger partial charge in [-0.2, -0.15) is 0 Å². The molecule has 0 spiro atoms. The van der Waals surface area contributed by atoms with Crippen molar-refractivity contribution in [3.63, 3.8) is 0 Å². The zero-order valence-electron chi connectivity index (χ0n) is 19.4. The molecule has 0 bridgehead atoms. The summed E-state index contributed by atoms with van der Waals surface area (Å²) in [5, 5.41) is 0. The van der Waals surface area contributed by atoms with Crippen LogP contribution in [0.4, 0.5) is 0 Å². The van der Waals surface area contributed by atoms with Gasteiger partial charge in [0.25, 0.3) is 5.56 Å². The highest BCUT2D eigenvalue weighted by Gasteiger charge is 2.56. The third kappa shape index (κ3) is 3.72. The molecule has 1 saturated heterocycles. The molecule has 1 aromatic rings. The number of amides is 1. The second-order valence-corrected chi connectivity index (χ2v) is 11.1. The lowest BCUT2D eigenvalue weighted by Crippen LogP contribution is -2.44. The fourth-order valence-electron chi connectivity index (χ4n) is 7.42. The predicted octanol–water partition coefficient (Wildman–Crippen LogP) is 3.95. The van der Waals surface area contributed by atoms with Crippen LogP contribution < -0.4 is 5.56 Å². The van der Waals surface area contributed by atoms with E-state index in [4.69, 9.17) is 4.98 Å². The topological polar surface area (TPSA) is 69.3 Å². The maximum Gasteiger partial charge on any atom is 0.254 e. The highest BCUT2D eigenvalue weighted by atomic mass is 16.2. The van der Waals surface area contributed by atoms with Crippen LogP contribution in [-0.4, -0.2) is 44.8 Å². The lowest BCUT2D eigenvalue weighted by molar-refractivity contribution is -0.137. The second-order valence-electron chi connectivity index (χ2n) is 11.1. The lowest BCUT2D eigenvalue weighted by Gasteiger charge is -2.38. The average molecular weight is 439 g/mol. The Kier molecular flexibility index (Phi) is 5.60. The maximum atomic E-state index is 13.5. The summed E-state index contributed by atoms with van der Waals surface area (Å²) in [7, 11) is 0. The molecule has 1 amide bonds. The Morgan fingerprint density at radius 3 is 2.38 bits per heavy atom. The van der Waals surface area contributed by atoms with Crippen LogP contribution >= 0.6 is 0 Å². The third-order valence-electron chi connectivity index (χ3n) is 9.26. The summed E-state index contributed by atoms with van der Waals surface area (Å²) in [4.78, 5) is 39.4. The maximum absolute atomic E-state index is 13.5. The largest absolute Gasteiger partial charge is 0.332 e. The van der Waals surface area contributed by atoms with Crippen LogP contribution in [0.3, 0.4) is 0 Å². The van der Waals surface area contributed by atoms with Crippen molar-refractivity contribution < 1.29 is 4.79 Å². The van der Waals surface area contributed by atoms with Crippen molar-refractivity contribution in [1.82, 2.24) is 19.8 Å². The molecule has 0 radical (unpaired) electrons. The molecule has 32 heavy (non-hydrogen) atoms. The van der Waals surface area contributed by atoms with E-state index in [-0.39, 0.29) is 17.5 Å². The summed E-state index contributed by atoms with van der Waals surface area (Å²) >= 11 is 0. The van der Waals surface area contributed by atoms with Gasteiger partial charge >= 0.3 is 0 Å².